The number of thiophene rings is 1. The summed E-state index contributed by atoms with van der Waals surface area (Å²) in [6.07, 6.45) is 0.449. The van der Waals surface area contributed by atoms with Crippen LogP contribution in [0.1, 0.15) is 46.8 Å². The molecule has 1 amide bonds. The van der Waals surface area contributed by atoms with Gasteiger partial charge >= 0.3 is 12.1 Å². The SMILES string of the molecule is C[C@@H](NCC1CCN(C(=O)Oc2ccc(C(=O)O)cc2)CC1c1ccccc1)c1csc2ccccc12. The number of rotatable bonds is 7. The van der Waals surface area contributed by atoms with Crippen molar-refractivity contribution in [3.63, 3.8) is 0 Å². The van der Waals surface area contributed by atoms with Crippen molar-refractivity contribution in [3.05, 3.63) is 101 Å². The monoisotopic (exact) mass is 514 g/mol. The Bertz CT molecular complexity index is 1370. The molecule has 7 heteroatoms. The van der Waals surface area contributed by atoms with Gasteiger partial charge in [0.2, 0.25) is 0 Å². The van der Waals surface area contributed by atoms with Crippen LogP contribution in [-0.4, -0.2) is 41.7 Å². The zero-order valence-electron chi connectivity index (χ0n) is 20.7. The number of nitrogens with one attached hydrogen (secondary N) is 1. The molecule has 1 aromatic heterocycles. The van der Waals surface area contributed by atoms with Gasteiger partial charge in [-0.2, -0.15) is 0 Å². The third-order valence-electron chi connectivity index (χ3n) is 7.21. The Morgan fingerprint density at radius 3 is 2.54 bits per heavy atom. The Hall–Kier alpha value is -3.68. The normalized spacial score (nSPS) is 18.5. The molecule has 0 aliphatic carbocycles. The number of ether oxygens (including phenoxy) is 1. The summed E-state index contributed by atoms with van der Waals surface area (Å²) in [4.78, 5) is 25.8. The molecule has 1 fully saturated rings. The van der Waals surface area contributed by atoms with E-state index in [4.69, 9.17) is 9.84 Å². The molecule has 0 radical (unpaired) electrons. The number of carboxylic acids is 1. The van der Waals surface area contributed by atoms with Crippen LogP contribution in [0, 0.1) is 5.92 Å². The van der Waals surface area contributed by atoms with Crippen LogP contribution in [0.3, 0.4) is 0 Å². The lowest BCUT2D eigenvalue weighted by Crippen LogP contribution is -2.46. The van der Waals surface area contributed by atoms with E-state index >= 15 is 0 Å². The third-order valence-corrected chi connectivity index (χ3v) is 8.19. The number of amides is 1. The molecule has 37 heavy (non-hydrogen) atoms. The number of nitrogens with zero attached hydrogens (tertiary/aromatic N) is 1. The van der Waals surface area contributed by atoms with Crippen molar-refractivity contribution >= 4 is 33.5 Å². The second-order valence-electron chi connectivity index (χ2n) is 9.53. The fourth-order valence-electron chi connectivity index (χ4n) is 5.09. The van der Waals surface area contributed by atoms with Gasteiger partial charge in [0.1, 0.15) is 5.75 Å². The number of carbonyl (C=O) groups excluding carboxylic acids is 1. The number of aromatic carboxylic acids is 1. The summed E-state index contributed by atoms with van der Waals surface area (Å²) in [5.74, 6) is -0.128. The predicted molar refractivity (Wildman–Crippen MR) is 147 cm³/mol. The molecule has 3 aromatic carbocycles. The molecule has 4 aromatic rings. The summed E-state index contributed by atoms with van der Waals surface area (Å²) >= 11 is 1.78. The highest BCUT2D eigenvalue weighted by Gasteiger charge is 2.33. The van der Waals surface area contributed by atoms with E-state index < -0.39 is 12.1 Å². The molecule has 1 saturated heterocycles. The largest absolute Gasteiger partial charge is 0.478 e. The number of hydrogen-bond acceptors (Lipinski definition) is 5. The van der Waals surface area contributed by atoms with Gasteiger partial charge in [0.15, 0.2) is 0 Å². The van der Waals surface area contributed by atoms with Gasteiger partial charge in [-0.15, -0.1) is 11.3 Å². The Morgan fingerprint density at radius 1 is 1.05 bits per heavy atom. The highest BCUT2D eigenvalue weighted by atomic mass is 32.1. The third kappa shape index (κ3) is 5.68. The van der Waals surface area contributed by atoms with Gasteiger partial charge in [0.25, 0.3) is 0 Å². The second kappa shape index (κ2) is 11.2. The number of carboxylic acid groups (broad SMARTS) is 1. The van der Waals surface area contributed by atoms with Crippen LogP contribution in [0.15, 0.2) is 84.2 Å². The number of hydrogen-bond donors (Lipinski definition) is 2. The molecule has 2 N–H and O–H groups in total. The van der Waals surface area contributed by atoms with Crippen LogP contribution in [0.5, 0.6) is 5.75 Å². The van der Waals surface area contributed by atoms with Crippen LogP contribution in [-0.2, 0) is 0 Å². The van der Waals surface area contributed by atoms with Crippen LogP contribution in [0.2, 0.25) is 0 Å². The molecule has 190 valence electrons. The Morgan fingerprint density at radius 2 is 1.78 bits per heavy atom. The molecule has 2 unspecified atom stereocenters. The van der Waals surface area contributed by atoms with E-state index in [1.807, 2.05) is 18.2 Å². The average molecular weight is 515 g/mol. The van der Waals surface area contributed by atoms with Crippen LogP contribution in [0.4, 0.5) is 4.79 Å². The van der Waals surface area contributed by atoms with Crippen LogP contribution >= 0.6 is 11.3 Å². The average Bonchev–Trinajstić information content (AvgIpc) is 3.37. The molecule has 0 spiro atoms. The van der Waals surface area contributed by atoms with E-state index in [1.165, 1.54) is 45.5 Å². The fraction of sp³-hybridized carbons (Fsp3) is 0.267. The van der Waals surface area contributed by atoms with Crippen molar-refractivity contribution in [1.82, 2.24) is 10.2 Å². The van der Waals surface area contributed by atoms with Gasteiger partial charge in [0.05, 0.1) is 5.56 Å². The highest BCUT2D eigenvalue weighted by Crippen LogP contribution is 2.34. The summed E-state index contributed by atoms with van der Waals surface area (Å²) in [5, 5.41) is 16.4. The maximum Gasteiger partial charge on any atom is 0.415 e. The van der Waals surface area contributed by atoms with Crippen molar-refractivity contribution in [3.8, 4) is 5.75 Å². The van der Waals surface area contributed by atoms with Crippen molar-refractivity contribution in [2.24, 2.45) is 5.92 Å². The lowest BCUT2D eigenvalue weighted by molar-refractivity contribution is 0.0697. The van der Waals surface area contributed by atoms with Crippen molar-refractivity contribution < 1.29 is 19.4 Å². The molecule has 1 aliphatic heterocycles. The first kappa shape index (κ1) is 25.0. The van der Waals surface area contributed by atoms with E-state index in [1.54, 1.807) is 16.2 Å². The van der Waals surface area contributed by atoms with Gasteiger partial charge in [-0.1, -0.05) is 48.5 Å². The first-order chi connectivity index (χ1) is 18.0. The van der Waals surface area contributed by atoms with E-state index in [2.05, 4.69) is 54.0 Å². The first-order valence-electron chi connectivity index (χ1n) is 12.5. The number of carbonyl (C=O) groups is 2. The van der Waals surface area contributed by atoms with E-state index in [9.17, 15) is 9.59 Å². The molecule has 5 rings (SSSR count). The number of likely N-dealkylation sites (tertiary alicyclic amines) is 1. The summed E-state index contributed by atoms with van der Waals surface area (Å²) in [6, 6.07) is 25.0. The molecule has 3 atom stereocenters. The Labute approximate surface area is 220 Å². The zero-order valence-corrected chi connectivity index (χ0v) is 21.5. The lowest BCUT2D eigenvalue weighted by atomic mass is 9.80. The van der Waals surface area contributed by atoms with Crippen molar-refractivity contribution in [2.75, 3.05) is 19.6 Å². The van der Waals surface area contributed by atoms with E-state index in [0.717, 1.165) is 13.0 Å². The van der Waals surface area contributed by atoms with E-state index in [-0.39, 0.29) is 17.5 Å². The molecular formula is C30H30N2O4S. The van der Waals surface area contributed by atoms with Crippen LogP contribution in [0.25, 0.3) is 10.1 Å². The lowest BCUT2D eigenvalue weighted by Gasteiger charge is -2.39. The highest BCUT2D eigenvalue weighted by molar-refractivity contribution is 7.17. The maximum atomic E-state index is 13.0. The minimum Gasteiger partial charge on any atom is -0.478 e. The number of fused-ring (bicyclic) bond motifs is 1. The number of piperidine rings is 1. The summed E-state index contributed by atoms with van der Waals surface area (Å²) < 4.78 is 6.88. The van der Waals surface area contributed by atoms with E-state index in [0.29, 0.717) is 24.8 Å². The van der Waals surface area contributed by atoms with Gasteiger partial charge in [-0.25, -0.2) is 9.59 Å². The van der Waals surface area contributed by atoms with Crippen LogP contribution < -0.4 is 10.1 Å². The predicted octanol–water partition coefficient (Wildman–Crippen LogP) is 6.55. The van der Waals surface area contributed by atoms with Gasteiger partial charge < -0.3 is 20.1 Å². The number of benzene rings is 3. The molecule has 6 nitrogen and oxygen atoms in total. The molecule has 0 bridgehead atoms. The minimum absolute atomic E-state index is 0.155. The summed E-state index contributed by atoms with van der Waals surface area (Å²) in [7, 11) is 0. The molecule has 0 saturated carbocycles. The van der Waals surface area contributed by atoms with Gasteiger partial charge in [-0.3, -0.25) is 0 Å². The van der Waals surface area contributed by atoms with Crippen molar-refractivity contribution in [1.29, 1.82) is 0 Å². The molecule has 2 heterocycles. The standard InChI is InChI=1S/C30H30N2O4S/c1-20(27-19-37-28-10-6-5-9-25(27)28)31-17-23-15-16-32(18-26(23)21-7-3-2-4-8-21)30(35)36-24-13-11-22(12-14-24)29(33)34/h2-14,19-20,23,26,31H,15-18H2,1H3,(H,33,34)/t20-,23?,26?/m1/s1. The Balaban J connectivity index is 1.26. The second-order valence-corrected chi connectivity index (χ2v) is 10.4. The quantitative estimate of drug-likeness (QED) is 0.292. The van der Waals surface area contributed by atoms with Crippen molar-refractivity contribution in [2.45, 2.75) is 25.3 Å². The Kier molecular flexibility index (Phi) is 7.53. The first-order valence-corrected chi connectivity index (χ1v) is 13.4. The zero-order chi connectivity index (χ0) is 25.8. The minimum atomic E-state index is -1.01. The topological polar surface area (TPSA) is 78.9 Å². The maximum absolute atomic E-state index is 13.0. The summed E-state index contributed by atoms with van der Waals surface area (Å²) in [6.45, 7) is 4.24. The smallest absolute Gasteiger partial charge is 0.415 e. The molecule has 1 aliphatic rings. The fourth-order valence-corrected chi connectivity index (χ4v) is 6.15. The van der Waals surface area contributed by atoms with Gasteiger partial charge in [0, 0.05) is 29.7 Å². The molecular weight excluding hydrogens is 484 g/mol. The summed E-state index contributed by atoms with van der Waals surface area (Å²) in [5.41, 5.74) is 2.69. The van der Waals surface area contributed by atoms with Gasteiger partial charge in [-0.05, 0) is 78.0 Å².